The monoisotopic (exact) mass is 374 g/mol. The van der Waals surface area contributed by atoms with Crippen LogP contribution in [0.2, 0.25) is 0 Å². The number of piperazine rings is 1. The van der Waals surface area contributed by atoms with Gasteiger partial charge in [0.15, 0.2) is 0 Å². The van der Waals surface area contributed by atoms with Gasteiger partial charge in [0.1, 0.15) is 5.01 Å². The average molecular weight is 375 g/mol. The summed E-state index contributed by atoms with van der Waals surface area (Å²) in [5.41, 5.74) is 2.27. The van der Waals surface area contributed by atoms with Crippen LogP contribution in [0.5, 0.6) is 0 Å². The van der Waals surface area contributed by atoms with Gasteiger partial charge in [-0.05, 0) is 0 Å². The van der Waals surface area contributed by atoms with E-state index in [1.165, 1.54) is 5.56 Å². The number of carbonyl (C=O) groups excluding carboxylic acids is 1. The van der Waals surface area contributed by atoms with Crippen molar-refractivity contribution in [2.24, 2.45) is 0 Å². The fourth-order valence-corrected chi connectivity index (χ4v) is 3.78. The minimum Gasteiger partial charge on any atom is -0.383 e. The fraction of sp³-hybridized carbons (Fsp3) is 0.474. The highest BCUT2D eigenvalue weighted by Crippen LogP contribution is 2.24. The summed E-state index contributed by atoms with van der Waals surface area (Å²) in [6.07, 6.45) is 0. The first kappa shape index (κ1) is 19.0. The molecule has 0 saturated carbocycles. The normalized spacial score (nSPS) is 15.3. The maximum absolute atomic E-state index is 12.2. The predicted molar refractivity (Wildman–Crippen MR) is 104 cm³/mol. The van der Waals surface area contributed by atoms with Gasteiger partial charge in [-0.2, -0.15) is 0 Å². The van der Waals surface area contributed by atoms with Gasteiger partial charge in [0, 0.05) is 57.3 Å². The third-order valence-corrected chi connectivity index (χ3v) is 5.38. The molecule has 6 nitrogen and oxygen atoms in total. The van der Waals surface area contributed by atoms with Crippen LogP contribution in [-0.2, 0) is 16.1 Å². The topological polar surface area (TPSA) is 57.7 Å². The second-order valence-electron chi connectivity index (χ2n) is 6.34. The van der Waals surface area contributed by atoms with Crippen molar-refractivity contribution in [1.29, 1.82) is 0 Å². The van der Waals surface area contributed by atoms with Gasteiger partial charge in [0.2, 0.25) is 5.91 Å². The molecule has 2 heterocycles. The van der Waals surface area contributed by atoms with Gasteiger partial charge >= 0.3 is 0 Å². The predicted octanol–water partition coefficient (Wildman–Crippen LogP) is 1.69. The number of nitrogens with zero attached hydrogens (tertiary/aromatic N) is 3. The van der Waals surface area contributed by atoms with Crippen molar-refractivity contribution in [3.05, 3.63) is 41.4 Å². The summed E-state index contributed by atoms with van der Waals surface area (Å²) in [6, 6.07) is 10.3. The minimum atomic E-state index is 0.167. The first-order valence-corrected chi connectivity index (χ1v) is 9.84. The molecule has 0 aliphatic carbocycles. The van der Waals surface area contributed by atoms with Crippen molar-refractivity contribution in [3.8, 4) is 10.6 Å². The van der Waals surface area contributed by atoms with E-state index in [2.05, 4.69) is 27.7 Å². The van der Waals surface area contributed by atoms with Crippen LogP contribution in [0.1, 0.15) is 5.69 Å². The van der Waals surface area contributed by atoms with Crippen molar-refractivity contribution < 1.29 is 9.53 Å². The van der Waals surface area contributed by atoms with Gasteiger partial charge in [-0.25, -0.2) is 4.98 Å². The van der Waals surface area contributed by atoms with Crippen molar-refractivity contribution in [2.75, 3.05) is 53.0 Å². The van der Waals surface area contributed by atoms with Gasteiger partial charge in [-0.3, -0.25) is 9.69 Å². The van der Waals surface area contributed by atoms with E-state index >= 15 is 0 Å². The molecule has 1 fully saturated rings. The molecule has 1 aliphatic rings. The molecule has 1 saturated heterocycles. The van der Waals surface area contributed by atoms with E-state index < -0.39 is 0 Å². The Labute approximate surface area is 158 Å². The lowest BCUT2D eigenvalue weighted by molar-refractivity contribution is -0.132. The van der Waals surface area contributed by atoms with Crippen molar-refractivity contribution >= 4 is 17.2 Å². The number of ether oxygens (including phenoxy) is 1. The first-order chi connectivity index (χ1) is 12.8. The smallest absolute Gasteiger partial charge is 0.236 e. The number of hydrogen-bond donors (Lipinski definition) is 1. The van der Waals surface area contributed by atoms with E-state index in [1.54, 1.807) is 18.4 Å². The molecular formula is C19H26N4O2S. The zero-order valence-corrected chi connectivity index (χ0v) is 16.0. The van der Waals surface area contributed by atoms with E-state index in [9.17, 15) is 4.79 Å². The van der Waals surface area contributed by atoms with Crippen LogP contribution in [0.3, 0.4) is 0 Å². The summed E-state index contributed by atoms with van der Waals surface area (Å²) in [7, 11) is 1.66. The first-order valence-electron chi connectivity index (χ1n) is 8.96. The second-order valence-corrected chi connectivity index (χ2v) is 7.19. The number of thiazole rings is 1. The van der Waals surface area contributed by atoms with Gasteiger partial charge in [0.05, 0.1) is 18.8 Å². The Kier molecular flexibility index (Phi) is 7.13. The Bertz CT molecular complexity index is 684. The summed E-state index contributed by atoms with van der Waals surface area (Å²) >= 11 is 1.69. The molecule has 1 aromatic carbocycles. The van der Waals surface area contributed by atoms with Crippen LogP contribution in [0.25, 0.3) is 10.6 Å². The largest absolute Gasteiger partial charge is 0.383 e. The highest BCUT2D eigenvalue weighted by Gasteiger charge is 2.21. The maximum Gasteiger partial charge on any atom is 0.236 e. The zero-order valence-electron chi connectivity index (χ0n) is 15.2. The standard InChI is InChI=1S/C19H26N4O2S/c1-25-12-7-20-13-18(24)23-10-8-22(9-11-23)14-17-15-26-19(21-17)16-5-3-2-4-6-16/h2-6,15,20H,7-14H2,1H3. The number of benzene rings is 1. The van der Waals surface area contributed by atoms with Crippen LogP contribution in [0.4, 0.5) is 0 Å². The Balaban J connectivity index is 1.43. The number of methoxy groups -OCH3 is 1. The second kappa shape index (κ2) is 9.78. The van der Waals surface area contributed by atoms with Gasteiger partial charge in [-0.1, -0.05) is 30.3 Å². The molecule has 0 bridgehead atoms. The van der Waals surface area contributed by atoms with Crippen molar-refractivity contribution in [1.82, 2.24) is 20.1 Å². The number of aromatic nitrogens is 1. The lowest BCUT2D eigenvalue weighted by Gasteiger charge is -2.34. The molecular weight excluding hydrogens is 348 g/mol. The highest BCUT2D eigenvalue weighted by atomic mass is 32.1. The van der Waals surface area contributed by atoms with Crippen LogP contribution in [0, 0.1) is 0 Å². The number of amides is 1. The molecule has 1 amide bonds. The SMILES string of the molecule is COCCNCC(=O)N1CCN(Cc2csc(-c3ccccc3)n2)CC1. The molecule has 2 aromatic rings. The van der Waals surface area contributed by atoms with E-state index in [0.29, 0.717) is 19.7 Å². The summed E-state index contributed by atoms with van der Waals surface area (Å²) in [5, 5.41) is 6.32. The molecule has 0 radical (unpaired) electrons. The summed E-state index contributed by atoms with van der Waals surface area (Å²) in [5.74, 6) is 0.167. The molecule has 1 aromatic heterocycles. The van der Waals surface area contributed by atoms with Gasteiger partial charge in [0.25, 0.3) is 0 Å². The number of nitrogens with one attached hydrogen (secondary N) is 1. The van der Waals surface area contributed by atoms with Gasteiger partial charge in [-0.15, -0.1) is 11.3 Å². The molecule has 7 heteroatoms. The van der Waals surface area contributed by atoms with Gasteiger partial charge < -0.3 is 15.0 Å². The Hall–Kier alpha value is -1.80. The molecule has 140 valence electrons. The molecule has 1 aliphatic heterocycles. The third kappa shape index (κ3) is 5.35. The molecule has 0 spiro atoms. The number of rotatable bonds is 8. The average Bonchev–Trinajstić information content (AvgIpc) is 3.15. The van der Waals surface area contributed by atoms with Crippen LogP contribution in [-0.4, -0.2) is 73.7 Å². The molecule has 0 atom stereocenters. The summed E-state index contributed by atoms with van der Waals surface area (Å²) in [6.45, 7) is 5.90. The van der Waals surface area contributed by atoms with Crippen LogP contribution in [0.15, 0.2) is 35.7 Å². The fourth-order valence-electron chi connectivity index (χ4n) is 2.96. The third-order valence-electron chi connectivity index (χ3n) is 4.44. The quantitative estimate of drug-likeness (QED) is 0.713. The Morgan fingerprint density at radius 2 is 2.00 bits per heavy atom. The zero-order chi connectivity index (χ0) is 18.2. The van der Waals surface area contributed by atoms with E-state index in [0.717, 1.165) is 43.4 Å². The van der Waals surface area contributed by atoms with Crippen LogP contribution >= 0.6 is 11.3 Å². The molecule has 26 heavy (non-hydrogen) atoms. The minimum absolute atomic E-state index is 0.167. The van der Waals surface area contributed by atoms with Crippen LogP contribution < -0.4 is 5.32 Å². The summed E-state index contributed by atoms with van der Waals surface area (Å²) in [4.78, 5) is 21.2. The maximum atomic E-state index is 12.2. The van der Waals surface area contributed by atoms with Crippen molar-refractivity contribution in [3.63, 3.8) is 0 Å². The molecule has 0 unspecified atom stereocenters. The van der Waals surface area contributed by atoms with E-state index in [4.69, 9.17) is 9.72 Å². The Morgan fingerprint density at radius 3 is 2.73 bits per heavy atom. The lowest BCUT2D eigenvalue weighted by Crippen LogP contribution is -2.50. The molecule has 3 rings (SSSR count). The van der Waals surface area contributed by atoms with Crippen molar-refractivity contribution in [2.45, 2.75) is 6.54 Å². The number of carbonyl (C=O) groups is 1. The van der Waals surface area contributed by atoms with E-state index in [1.807, 2.05) is 23.1 Å². The Morgan fingerprint density at radius 1 is 1.23 bits per heavy atom. The lowest BCUT2D eigenvalue weighted by atomic mass is 10.2. The molecule has 1 N–H and O–H groups in total. The highest BCUT2D eigenvalue weighted by molar-refractivity contribution is 7.13. The number of hydrogen-bond acceptors (Lipinski definition) is 6. The summed E-state index contributed by atoms with van der Waals surface area (Å²) < 4.78 is 4.97. The van der Waals surface area contributed by atoms with E-state index in [-0.39, 0.29) is 5.91 Å².